The van der Waals surface area contributed by atoms with Gasteiger partial charge in [0.25, 0.3) is 0 Å². The van der Waals surface area contributed by atoms with E-state index in [-0.39, 0.29) is 0 Å². The largest absolute Gasteiger partial charge is 0.545 e. The van der Waals surface area contributed by atoms with E-state index < -0.39 is 5.97 Å². The van der Waals surface area contributed by atoms with Gasteiger partial charge < -0.3 is 14.6 Å². The topological polar surface area (TPSA) is 49.4 Å². The number of hydrogen-bond donors (Lipinski definition) is 0. The van der Waals surface area contributed by atoms with Gasteiger partial charge in [-0.2, -0.15) is 0 Å². The van der Waals surface area contributed by atoms with Gasteiger partial charge in [0.1, 0.15) is 5.75 Å². The first-order valence-corrected chi connectivity index (χ1v) is 3.75. The molecular formula is C10H9O3-. The lowest BCUT2D eigenvalue weighted by Crippen LogP contribution is -2.18. The molecule has 3 heteroatoms. The summed E-state index contributed by atoms with van der Waals surface area (Å²) in [4.78, 5) is 10.1. The van der Waals surface area contributed by atoms with Crippen molar-refractivity contribution in [1.82, 2.24) is 0 Å². The van der Waals surface area contributed by atoms with E-state index in [1.165, 1.54) is 6.08 Å². The van der Waals surface area contributed by atoms with Crippen LogP contribution in [0.25, 0.3) is 6.08 Å². The minimum atomic E-state index is -1.20. The molecule has 0 aliphatic rings. The summed E-state index contributed by atoms with van der Waals surface area (Å²) < 4.78 is 4.94. The number of carboxylic acid groups (broad SMARTS) is 1. The fraction of sp³-hybridized carbons (Fsp3) is 0.100. The molecule has 0 heterocycles. The van der Waals surface area contributed by atoms with Crippen molar-refractivity contribution in [3.63, 3.8) is 0 Å². The number of carbonyl (C=O) groups is 1. The summed E-state index contributed by atoms with van der Waals surface area (Å²) in [6.07, 6.45) is 2.45. The first kappa shape index (κ1) is 9.32. The van der Waals surface area contributed by atoms with Crippen molar-refractivity contribution in [2.45, 2.75) is 0 Å². The van der Waals surface area contributed by atoms with Gasteiger partial charge in [-0.15, -0.1) is 0 Å². The zero-order valence-corrected chi connectivity index (χ0v) is 7.19. The third-order valence-electron chi connectivity index (χ3n) is 1.53. The average molecular weight is 177 g/mol. The SMILES string of the molecule is COc1ccc(/C=C\C(=O)[O-])cc1. The molecule has 0 aliphatic heterocycles. The minimum Gasteiger partial charge on any atom is -0.545 e. The van der Waals surface area contributed by atoms with Gasteiger partial charge in [0.05, 0.1) is 13.1 Å². The van der Waals surface area contributed by atoms with Crippen LogP contribution in [0.2, 0.25) is 0 Å². The Morgan fingerprint density at radius 1 is 1.38 bits per heavy atom. The molecule has 0 spiro atoms. The van der Waals surface area contributed by atoms with Gasteiger partial charge in [-0.25, -0.2) is 0 Å². The smallest absolute Gasteiger partial charge is 0.118 e. The third-order valence-corrected chi connectivity index (χ3v) is 1.53. The van der Waals surface area contributed by atoms with E-state index in [4.69, 9.17) is 4.74 Å². The summed E-state index contributed by atoms with van der Waals surface area (Å²) in [5.41, 5.74) is 0.796. The van der Waals surface area contributed by atoms with Crippen molar-refractivity contribution < 1.29 is 14.6 Å². The highest BCUT2D eigenvalue weighted by molar-refractivity contribution is 5.83. The van der Waals surface area contributed by atoms with E-state index in [2.05, 4.69) is 0 Å². The van der Waals surface area contributed by atoms with Crippen molar-refractivity contribution in [2.75, 3.05) is 7.11 Å². The van der Waals surface area contributed by atoms with E-state index in [1.807, 2.05) is 0 Å². The predicted molar refractivity (Wildman–Crippen MR) is 47.0 cm³/mol. The molecule has 0 radical (unpaired) electrons. The second kappa shape index (κ2) is 4.30. The number of carbonyl (C=O) groups excluding carboxylic acids is 1. The molecule has 68 valence electrons. The second-order valence-electron chi connectivity index (χ2n) is 2.43. The second-order valence-corrected chi connectivity index (χ2v) is 2.43. The summed E-state index contributed by atoms with van der Waals surface area (Å²) in [5.74, 6) is -0.457. The summed E-state index contributed by atoms with van der Waals surface area (Å²) >= 11 is 0. The molecule has 0 N–H and O–H groups in total. The van der Waals surface area contributed by atoms with Gasteiger partial charge in [-0.05, 0) is 23.8 Å². The van der Waals surface area contributed by atoms with E-state index in [1.54, 1.807) is 31.4 Å². The lowest BCUT2D eigenvalue weighted by Gasteiger charge is -1.99. The first-order valence-electron chi connectivity index (χ1n) is 3.75. The highest BCUT2D eigenvalue weighted by Gasteiger charge is 1.89. The van der Waals surface area contributed by atoms with Crippen molar-refractivity contribution in [3.05, 3.63) is 35.9 Å². The van der Waals surface area contributed by atoms with Crippen LogP contribution in [0.15, 0.2) is 30.3 Å². The van der Waals surface area contributed by atoms with E-state index in [0.29, 0.717) is 0 Å². The molecule has 0 saturated carbocycles. The summed E-state index contributed by atoms with van der Waals surface area (Å²) in [6.45, 7) is 0. The van der Waals surface area contributed by atoms with Crippen LogP contribution >= 0.6 is 0 Å². The molecule has 1 aromatic rings. The Morgan fingerprint density at radius 3 is 2.46 bits per heavy atom. The molecule has 13 heavy (non-hydrogen) atoms. The molecule has 0 unspecified atom stereocenters. The van der Waals surface area contributed by atoms with Gasteiger partial charge in [0, 0.05) is 0 Å². The van der Waals surface area contributed by atoms with Gasteiger partial charge >= 0.3 is 0 Å². The Balaban J connectivity index is 2.75. The van der Waals surface area contributed by atoms with Crippen LogP contribution in [-0.4, -0.2) is 13.1 Å². The Labute approximate surface area is 76.3 Å². The Kier molecular flexibility index (Phi) is 3.09. The molecule has 0 fully saturated rings. The molecule has 0 aliphatic carbocycles. The van der Waals surface area contributed by atoms with Gasteiger partial charge in [0.15, 0.2) is 0 Å². The Hall–Kier alpha value is -1.77. The zero-order chi connectivity index (χ0) is 9.68. The van der Waals surface area contributed by atoms with Gasteiger partial charge in [-0.1, -0.05) is 18.2 Å². The third kappa shape index (κ3) is 2.99. The maximum absolute atomic E-state index is 10.1. The van der Waals surface area contributed by atoms with E-state index in [9.17, 15) is 9.90 Å². The monoisotopic (exact) mass is 177 g/mol. The summed E-state index contributed by atoms with van der Waals surface area (Å²) in [6, 6.07) is 7.04. The lowest BCUT2D eigenvalue weighted by molar-refractivity contribution is -0.297. The quantitative estimate of drug-likeness (QED) is 0.630. The van der Waals surface area contributed by atoms with E-state index in [0.717, 1.165) is 17.4 Å². The highest BCUT2D eigenvalue weighted by Crippen LogP contribution is 2.11. The average Bonchev–Trinajstić information content (AvgIpc) is 2.15. The maximum Gasteiger partial charge on any atom is 0.118 e. The maximum atomic E-state index is 10.1. The minimum absolute atomic E-state index is 0.741. The Morgan fingerprint density at radius 2 is 2.00 bits per heavy atom. The van der Waals surface area contributed by atoms with E-state index >= 15 is 0 Å². The van der Waals surface area contributed by atoms with Crippen molar-refractivity contribution in [3.8, 4) is 5.75 Å². The predicted octanol–water partition coefficient (Wildman–Crippen LogP) is 0.458. The van der Waals surface area contributed by atoms with Crippen LogP contribution in [0, 0.1) is 0 Å². The standard InChI is InChI=1S/C10H10O3/c1-13-9-5-2-8(3-6-9)4-7-10(11)12/h2-7H,1H3,(H,11,12)/p-1/b7-4-. The van der Waals surface area contributed by atoms with Crippen LogP contribution < -0.4 is 9.84 Å². The number of aliphatic carboxylic acids is 1. The van der Waals surface area contributed by atoms with Crippen LogP contribution in [0.3, 0.4) is 0 Å². The molecule has 0 saturated heterocycles. The van der Waals surface area contributed by atoms with Gasteiger partial charge in [0.2, 0.25) is 0 Å². The number of hydrogen-bond acceptors (Lipinski definition) is 3. The summed E-state index contributed by atoms with van der Waals surface area (Å²) in [5, 5.41) is 10.1. The molecule has 0 bridgehead atoms. The van der Waals surface area contributed by atoms with Crippen molar-refractivity contribution >= 4 is 12.0 Å². The molecular weight excluding hydrogens is 168 g/mol. The van der Waals surface area contributed by atoms with Gasteiger partial charge in [-0.3, -0.25) is 0 Å². The molecule has 1 aromatic carbocycles. The zero-order valence-electron chi connectivity index (χ0n) is 7.19. The lowest BCUT2D eigenvalue weighted by atomic mass is 10.2. The molecule has 3 nitrogen and oxygen atoms in total. The fourth-order valence-corrected chi connectivity index (χ4v) is 0.879. The number of rotatable bonds is 3. The highest BCUT2D eigenvalue weighted by atomic mass is 16.5. The van der Waals surface area contributed by atoms with Crippen molar-refractivity contribution in [2.24, 2.45) is 0 Å². The molecule has 0 atom stereocenters. The molecule has 0 aromatic heterocycles. The van der Waals surface area contributed by atoms with Crippen molar-refractivity contribution in [1.29, 1.82) is 0 Å². The number of ether oxygens (including phenoxy) is 1. The summed E-state index contributed by atoms with van der Waals surface area (Å²) in [7, 11) is 1.58. The normalized spacial score (nSPS) is 10.2. The first-order chi connectivity index (χ1) is 6.22. The number of benzene rings is 1. The van der Waals surface area contributed by atoms with Crippen LogP contribution in [0.4, 0.5) is 0 Å². The van der Waals surface area contributed by atoms with Crippen LogP contribution in [0.5, 0.6) is 5.75 Å². The number of carboxylic acids is 1. The number of methoxy groups -OCH3 is 1. The van der Waals surface area contributed by atoms with Crippen LogP contribution in [0.1, 0.15) is 5.56 Å². The molecule has 0 amide bonds. The molecule has 1 rings (SSSR count). The van der Waals surface area contributed by atoms with Crippen LogP contribution in [-0.2, 0) is 4.79 Å². The fourth-order valence-electron chi connectivity index (χ4n) is 0.879. The Bertz CT molecular complexity index is 311.